The summed E-state index contributed by atoms with van der Waals surface area (Å²) < 4.78 is 11.9. The van der Waals surface area contributed by atoms with Gasteiger partial charge in [-0.1, -0.05) is 40.9 Å². The second kappa shape index (κ2) is 2.88. The van der Waals surface area contributed by atoms with Crippen LogP contribution in [0, 0.1) is 5.82 Å². The highest BCUT2D eigenvalue weighted by atomic mass is 35.5. The first-order valence-corrected chi connectivity index (χ1v) is 4.71. The van der Waals surface area contributed by atoms with Crippen LogP contribution in [0.2, 0.25) is 5.02 Å². The molecule has 1 aliphatic rings. The molecule has 0 amide bonds. The van der Waals surface area contributed by atoms with E-state index in [9.17, 15) is 4.39 Å². The molecule has 0 saturated carbocycles. The highest BCUT2D eigenvalue weighted by molar-refractivity contribution is 6.60. The third-order valence-corrected chi connectivity index (χ3v) is 2.75. The van der Waals surface area contributed by atoms with Crippen molar-refractivity contribution < 1.29 is 4.39 Å². The van der Waals surface area contributed by atoms with Crippen molar-refractivity contribution in [1.82, 2.24) is 0 Å². The molecule has 0 saturated heterocycles. The van der Waals surface area contributed by atoms with Crippen molar-refractivity contribution in [2.45, 2.75) is 4.33 Å². The van der Waals surface area contributed by atoms with Crippen molar-refractivity contribution in [1.29, 1.82) is 0 Å². The van der Waals surface area contributed by atoms with E-state index in [4.69, 9.17) is 34.8 Å². The van der Waals surface area contributed by atoms with Gasteiger partial charge in [-0.2, -0.15) is 0 Å². The predicted molar refractivity (Wildman–Crippen MR) is 53.8 cm³/mol. The summed E-state index contributed by atoms with van der Waals surface area (Å²) in [6.07, 6.45) is 1.68. The van der Waals surface area contributed by atoms with Gasteiger partial charge in [0.15, 0.2) is 4.33 Å². The van der Waals surface area contributed by atoms with E-state index in [1.165, 1.54) is 12.1 Å². The normalized spacial score (nSPS) is 18.3. The minimum Gasteiger partial charge on any atom is -0.205 e. The highest BCUT2D eigenvalue weighted by Gasteiger charge is 2.40. The smallest absolute Gasteiger partial charge is 0.162 e. The van der Waals surface area contributed by atoms with Crippen molar-refractivity contribution in [3.05, 3.63) is 40.7 Å². The molecule has 0 nitrogen and oxygen atoms in total. The summed E-state index contributed by atoms with van der Waals surface area (Å²) in [4.78, 5) is 0. The fourth-order valence-corrected chi connectivity index (χ4v) is 1.70. The second-order valence-electron chi connectivity index (χ2n) is 2.81. The van der Waals surface area contributed by atoms with Gasteiger partial charge in [0.2, 0.25) is 0 Å². The van der Waals surface area contributed by atoms with Crippen molar-refractivity contribution in [2.24, 2.45) is 0 Å². The van der Waals surface area contributed by atoms with Crippen molar-refractivity contribution in [3.8, 4) is 0 Å². The lowest BCUT2D eigenvalue weighted by Gasteiger charge is -2.01. The molecule has 13 heavy (non-hydrogen) atoms. The van der Waals surface area contributed by atoms with Crippen LogP contribution in [-0.4, -0.2) is 4.33 Å². The quantitative estimate of drug-likeness (QED) is 0.647. The van der Waals surface area contributed by atoms with Crippen LogP contribution in [0.4, 0.5) is 4.39 Å². The maximum atomic E-state index is 12.8. The molecule has 4 heteroatoms. The Morgan fingerprint density at radius 2 is 1.85 bits per heavy atom. The van der Waals surface area contributed by atoms with E-state index in [-0.39, 0.29) is 5.02 Å². The van der Waals surface area contributed by atoms with E-state index < -0.39 is 10.2 Å². The van der Waals surface area contributed by atoms with E-state index >= 15 is 0 Å². The Morgan fingerprint density at radius 1 is 1.23 bits per heavy atom. The van der Waals surface area contributed by atoms with Gasteiger partial charge in [0.05, 0.1) is 5.02 Å². The van der Waals surface area contributed by atoms with Crippen LogP contribution in [0.25, 0.3) is 5.57 Å². The third kappa shape index (κ3) is 1.69. The molecule has 1 aromatic rings. The highest BCUT2D eigenvalue weighted by Crippen LogP contribution is 2.51. The topological polar surface area (TPSA) is 0 Å². The summed E-state index contributed by atoms with van der Waals surface area (Å²) >= 11 is 17.1. The number of alkyl halides is 2. The Morgan fingerprint density at radius 3 is 2.31 bits per heavy atom. The fraction of sp³-hybridized carbons (Fsp3) is 0.111. The molecule has 0 atom stereocenters. The van der Waals surface area contributed by atoms with Crippen molar-refractivity contribution in [2.75, 3.05) is 0 Å². The van der Waals surface area contributed by atoms with Gasteiger partial charge in [0, 0.05) is 0 Å². The van der Waals surface area contributed by atoms with Gasteiger partial charge in [-0.25, -0.2) is 4.39 Å². The minimum atomic E-state index is -0.888. The lowest BCUT2D eigenvalue weighted by Crippen LogP contribution is -1.90. The predicted octanol–water partition coefficient (Wildman–Crippen LogP) is 4.05. The van der Waals surface area contributed by atoms with Crippen LogP contribution in [0.3, 0.4) is 0 Å². The zero-order valence-corrected chi connectivity index (χ0v) is 8.59. The minimum absolute atomic E-state index is 0.0782. The van der Waals surface area contributed by atoms with Gasteiger partial charge < -0.3 is 0 Å². The average Bonchev–Trinajstić information content (AvgIpc) is 2.66. The summed E-state index contributed by atoms with van der Waals surface area (Å²) in [5.41, 5.74) is 1.54. The van der Waals surface area contributed by atoms with Gasteiger partial charge in [-0.3, -0.25) is 0 Å². The first-order valence-electron chi connectivity index (χ1n) is 3.57. The zero-order valence-electron chi connectivity index (χ0n) is 6.32. The third-order valence-electron chi connectivity index (χ3n) is 1.83. The summed E-state index contributed by atoms with van der Waals surface area (Å²) in [5.74, 6) is -0.443. The average molecular weight is 237 g/mol. The summed E-state index contributed by atoms with van der Waals surface area (Å²) in [6.45, 7) is 0. The van der Waals surface area contributed by atoms with Gasteiger partial charge in [0.25, 0.3) is 0 Å². The van der Waals surface area contributed by atoms with Gasteiger partial charge in [0.1, 0.15) is 5.82 Å². The first-order chi connectivity index (χ1) is 6.00. The molecular formula is C9H4Cl3F. The molecule has 2 rings (SSSR count). The largest absolute Gasteiger partial charge is 0.205 e. The van der Waals surface area contributed by atoms with Crippen LogP contribution >= 0.6 is 34.8 Å². The molecule has 0 spiro atoms. The molecule has 0 heterocycles. The van der Waals surface area contributed by atoms with Crippen LogP contribution in [0.5, 0.6) is 0 Å². The summed E-state index contributed by atoms with van der Waals surface area (Å²) in [5, 5.41) is 0.0782. The summed E-state index contributed by atoms with van der Waals surface area (Å²) in [7, 11) is 0. The number of hydrogen-bond acceptors (Lipinski definition) is 0. The van der Waals surface area contributed by atoms with Crippen LogP contribution in [0.1, 0.15) is 5.56 Å². The molecule has 0 unspecified atom stereocenters. The monoisotopic (exact) mass is 236 g/mol. The summed E-state index contributed by atoms with van der Waals surface area (Å²) in [6, 6.07) is 4.40. The van der Waals surface area contributed by atoms with Crippen molar-refractivity contribution in [3.63, 3.8) is 0 Å². The maximum Gasteiger partial charge on any atom is 0.162 e. The van der Waals surface area contributed by atoms with Gasteiger partial charge >= 0.3 is 0 Å². The first kappa shape index (κ1) is 9.32. The maximum absolute atomic E-state index is 12.8. The lowest BCUT2D eigenvalue weighted by atomic mass is 10.2. The number of benzene rings is 1. The molecule has 68 valence electrons. The molecule has 0 fully saturated rings. The molecule has 1 aliphatic carbocycles. The number of hydrogen-bond donors (Lipinski definition) is 0. The molecule has 0 aromatic heterocycles. The molecule has 0 N–H and O–H groups in total. The van der Waals surface area contributed by atoms with Crippen LogP contribution in [0.15, 0.2) is 24.3 Å². The van der Waals surface area contributed by atoms with Crippen LogP contribution in [-0.2, 0) is 0 Å². The number of allylic oxidation sites excluding steroid dienone is 2. The Bertz CT molecular complexity index is 396. The second-order valence-corrected chi connectivity index (χ2v) is 4.60. The number of rotatable bonds is 1. The van der Waals surface area contributed by atoms with E-state index in [0.29, 0.717) is 0 Å². The molecule has 1 aromatic carbocycles. The fourth-order valence-electron chi connectivity index (χ4n) is 1.08. The Hall–Kier alpha value is -0.240. The van der Waals surface area contributed by atoms with Gasteiger partial charge in [-0.05, 0) is 29.3 Å². The van der Waals surface area contributed by atoms with E-state index in [1.807, 2.05) is 0 Å². The Balaban J connectivity index is 2.35. The Labute approximate surface area is 89.9 Å². The molecule has 0 bridgehead atoms. The van der Waals surface area contributed by atoms with E-state index in [0.717, 1.165) is 11.1 Å². The molecule has 0 aliphatic heterocycles. The lowest BCUT2D eigenvalue weighted by molar-refractivity contribution is 0.628. The van der Waals surface area contributed by atoms with E-state index in [1.54, 1.807) is 12.1 Å². The standard InChI is InChI=1S/C9H4Cl3F/c10-7-3-5(1-2-8(7)13)6-4-9(6,11)12/h1-4H. The number of halogens is 4. The zero-order chi connectivity index (χ0) is 9.64. The molecule has 0 radical (unpaired) electrons. The van der Waals surface area contributed by atoms with Gasteiger partial charge in [-0.15, -0.1) is 0 Å². The van der Waals surface area contributed by atoms with Crippen molar-refractivity contribution >= 4 is 40.4 Å². The molecular weight excluding hydrogens is 233 g/mol. The Kier molecular flexibility index (Phi) is 2.06. The SMILES string of the molecule is Fc1ccc(C2=CC2(Cl)Cl)cc1Cl. The van der Waals surface area contributed by atoms with Crippen LogP contribution < -0.4 is 0 Å². The van der Waals surface area contributed by atoms with E-state index in [2.05, 4.69) is 0 Å².